The standard InChI is InChI=1S/C20H32N2O4.C12H27O3P.ClH.Tc/c1-17(2)13(15(23)19(5,6)25-17)11-21-9-10-22-12-14-16(24)20(7,8)26-18(14,3)4;1-13-7-4-10-16(11-5-8-14-2)12-6-9-15-3;;/h11-12,23-24H,9-10H2,1-8H3;4-12H2,1-3H3;1H;/p-3/i;;;1+1. The number of aliphatic imine (C=N–C) groups is 2. The number of hydrogen-bond donors (Lipinski definition) is 0. The predicted molar refractivity (Wildman–Crippen MR) is 170 cm³/mol. The molecule has 0 bridgehead atoms. The van der Waals surface area contributed by atoms with E-state index in [2.05, 4.69) is 9.98 Å². The maximum absolute atomic E-state index is 12.4. The normalized spacial score (nSPS) is 19.8. The summed E-state index contributed by atoms with van der Waals surface area (Å²) in [6.45, 7) is 18.1. The largest absolute Gasteiger partial charge is 1.00 e. The van der Waals surface area contributed by atoms with Crippen LogP contribution >= 0.6 is 7.92 Å². The quantitative estimate of drug-likeness (QED) is 0.125. The van der Waals surface area contributed by atoms with Crippen molar-refractivity contribution < 1.29 is 66.4 Å². The van der Waals surface area contributed by atoms with E-state index in [9.17, 15) is 10.2 Å². The van der Waals surface area contributed by atoms with E-state index in [4.69, 9.17) is 23.7 Å². The molecule has 0 unspecified atom stereocenters. The van der Waals surface area contributed by atoms with Crippen molar-refractivity contribution >= 4 is 20.4 Å². The molecule has 2 aliphatic heterocycles. The molecular weight excluding hydrogens is 690 g/mol. The molecule has 259 valence electrons. The Labute approximate surface area is 288 Å². The summed E-state index contributed by atoms with van der Waals surface area (Å²) in [6.07, 6.45) is 10.8. The minimum absolute atomic E-state index is 0. The molecule has 0 spiro atoms. The topological polar surface area (TPSA) is 117 Å². The van der Waals surface area contributed by atoms with Crippen LogP contribution in [0.2, 0.25) is 0 Å². The molecule has 0 aromatic carbocycles. The van der Waals surface area contributed by atoms with Crippen LogP contribution in [-0.4, -0.2) is 108 Å². The van der Waals surface area contributed by atoms with E-state index in [0.29, 0.717) is 24.2 Å². The zero-order valence-electron chi connectivity index (χ0n) is 28.9. The van der Waals surface area contributed by atoms with Gasteiger partial charge in [-0.1, -0.05) is 11.5 Å². The smallest absolute Gasteiger partial charge is 0.0893 e. The molecule has 0 fully saturated rings. The van der Waals surface area contributed by atoms with Crippen molar-refractivity contribution in [2.75, 3.05) is 72.7 Å². The molecule has 0 amide bonds. The van der Waals surface area contributed by atoms with Crippen molar-refractivity contribution in [3.63, 3.8) is 0 Å². The van der Waals surface area contributed by atoms with Gasteiger partial charge in [0.15, 0.2) is 0 Å². The van der Waals surface area contributed by atoms with Crippen LogP contribution in [0.15, 0.2) is 32.6 Å². The molecule has 44 heavy (non-hydrogen) atoms. The zero-order chi connectivity index (χ0) is 32.0. The number of rotatable bonds is 17. The molecular formula is C32H57ClN2O7PTc-3. The SMILES string of the molecule is CC1(C)OC(C)(C)C(C=NCCN=CC2=C([O-])C(C)(C)OC2(C)C)=C1[O-].COCCCP(CCCOC)CCCOC.[99Tc].[Cl-]. The van der Waals surface area contributed by atoms with Gasteiger partial charge in [0.25, 0.3) is 0 Å². The third kappa shape index (κ3) is 15.0. The fourth-order valence-corrected chi connectivity index (χ4v) is 7.56. The molecule has 2 heterocycles. The van der Waals surface area contributed by atoms with Crippen LogP contribution in [0, 0.1) is 0 Å². The molecule has 0 N–H and O–H groups in total. The molecule has 0 atom stereocenters. The Bertz CT molecular complexity index is 869. The van der Waals surface area contributed by atoms with E-state index in [1.807, 2.05) is 27.7 Å². The van der Waals surface area contributed by atoms with Crippen LogP contribution in [0.5, 0.6) is 0 Å². The van der Waals surface area contributed by atoms with Crippen LogP contribution in [0.3, 0.4) is 0 Å². The molecule has 9 nitrogen and oxygen atoms in total. The summed E-state index contributed by atoms with van der Waals surface area (Å²) >= 11 is 0. The van der Waals surface area contributed by atoms with E-state index in [0.717, 1.165) is 19.8 Å². The van der Waals surface area contributed by atoms with Gasteiger partial charge in [-0.2, -0.15) is 0 Å². The molecule has 0 saturated carbocycles. The van der Waals surface area contributed by atoms with Gasteiger partial charge >= 0.3 is 0 Å². The van der Waals surface area contributed by atoms with Crippen LogP contribution in [0.25, 0.3) is 0 Å². The van der Waals surface area contributed by atoms with Gasteiger partial charge in [-0.3, -0.25) is 9.98 Å². The number of methoxy groups -OCH3 is 3. The Morgan fingerprint density at radius 2 is 0.909 bits per heavy atom. The van der Waals surface area contributed by atoms with E-state index in [1.165, 1.54) is 37.7 Å². The molecule has 0 saturated heterocycles. The van der Waals surface area contributed by atoms with Gasteiger partial charge < -0.3 is 46.3 Å². The number of halogens is 1. The Morgan fingerprint density at radius 3 is 1.14 bits per heavy atom. The first-order valence-corrected chi connectivity index (χ1v) is 16.9. The van der Waals surface area contributed by atoms with Crippen LogP contribution in [0.1, 0.15) is 74.7 Å². The van der Waals surface area contributed by atoms with Gasteiger partial charge in [-0.25, -0.2) is 0 Å². The van der Waals surface area contributed by atoms with E-state index >= 15 is 0 Å². The Balaban J connectivity index is 0. The summed E-state index contributed by atoms with van der Waals surface area (Å²) in [7, 11) is 5.49. The molecule has 1 radical (unpaired) electrons. The second-order valence-corrected chi connectivity index (χ2v) is 15.4. The van der Waals surface area contributed by atoms with Crippen molar-refractivity contribution in [2.45, 2.75) is 97.1 Å². The first-order chi connectivity index (χ1) is 19.6. The predicted octanol–water partition coefficient (Wildman–Crippen LogP) is 1.11. The first kappa shape index (κ1) is 45.7. The minimum Gasteiger partial charge on any atom is -1.00 e. The Morgan fingerprint density at radius 1 is 0.614 bits per heavy atom. The van der Waals surface area contributed by atoms with Crippen molar-refractivity contribution in [1.82, 2.24) is 0 Å². The molecule has 2 rings (SSSR count). The maximum Gasteiger partial charge on any atom is 0.0893 e. The van der Waals surface area contributed by atoms with E-state index in [1.54, 1.807) is 61.5 Å². The van der Waals surface area contributed by atoms with Crippen molar-refractivity contribution in [2.24, 2.45) is 9.98 Å². The monoisotopic (exact) mass is 746 g/mol. The summed E-state index contributed by atoms with van der Waals surface area (Å²) in [4.78, 5) is 8.62. The van der Waals surface area contributed by atoms with Crippen LogP contribution in [0.4, 0.5) is 0 Å². The number of nitrogens with zero attached hydrogens (tertiary/aromatic N) is 2. The summed E-state index contributed by atoms with van der Waals surface area (Å²) < 4.78 is 26.9. The second-order valence-electron chi connectivity index (χ2n) is 12.7. The van der Waals surface area contributed by atoms with Gasteiger partial charge in [0.1, 0.15) is 0 Å². The zero-order valence-corrected chi connectivity index (χ0v) is 32.4. The fourth-order valence-electron chi connectivity index (χ4n) is 5.16. The van der Waals surface area contributed by atoms with Gasteiger partial charge in [-0.05, 0) is 104 Å². The Kier molecular flexibility index (Phi) is 22.3. The molecule has 2 aliphatic rings. The third-order valence-electron chi connectivity index (χ3n) is 7.17. The maximum atomic E-state index is 12.4. The van der Waals surface area contributed by atoms with Gasteiger partial charge in [0, 0.05) is 73.7 Å². The van der Waals surface area contributed by atoms with Gasteiger partial charge in [-0.15, -0.1) is 7.92 Å². The van der Waals surface area contributed by atoms with Gasteiger partial charge in [0.2, 0.25) is 0 Å². The molecule has 0 aromatic rings. The molecule has 0 aliphatic carbocycles. The van der Waals surface area contributed by atoms with Gasteiger partial charge in [0.05, 0.1) is 35.5 Å². The summed E-state index contributed by atoms with van der Waals surface area (Å²) in [5.74, 6) is -0.0778. The summed E-state index contributed by atoms with van der Waals surface area (Å²) in [5, 5.41) is 24.7. The second kappa shape index (κ2) is 21.5. The minimum atomic E-state index is -0.819. The Hall–Kier alpha value is -0.411. The third-order valence-corrected chi connectivity index (χ3v) is 10.0. The summed E-state index contributed by atoms with van der Waals surface area (Å²) in [5.41, 5.74) is -1.79. The number of hydrogen-bond acceptors (Lipinski definition) is 9. The first-order valence-electron chi connectivity index (χ1n) is 15.0. The van der Waals surface area contributed by atoms with Crippen molar-refractivity contribution in [1.29, 1.82) is 0 Å². The molecule has 0 aromatic heterocycles. The average molecular weight is 747 g/mol. The molecule has 12 heteroatoms. The van der Waals surface area contributed by atoms with Crippen LogP contribution < -0.4 is 22.6 Å². The van der Waals surface area contributed by atoms with Crippen molar-refractivity contribution in [3.8, 4) is 0 Å². The van der Waals surface area contributed by atoms with E-state index < -0.39 is 22.4 Å². The summed E-state index contributed by atoms with van der Waals surface area (Å²) in [6, 6.07) is 0. The fraction of sp³-hybridized carbons (Fsp3) is 0.812. The van der Waals surface area contributed by atoms with Crippen molar-refractivity contribution in [3.05, 3.63) is 22.7 Å². The average Bonchev–Trinajstić information content (AvgIpc) is 3.15. The van der Waals surface area contributed by atoms with E-state index in [-0.39, 0.29) is 52.0 Å². The van der Waals surface area contributed by atoms with Crippen LogP contribution in [-0.2, 0) is 43.8 Å². The number of ether oxygens (including phenoxy) is 5.